The molecule has 7 nitrogen and oxygen atoms in total. The molecule has 7 heteroatoms. The summed E-state index contributed by atoms with van der Waals surface area (Å²) >= 11 is 0. The van der Waals surface area contributed by atoms with Gasteiger partial charge in [0.1, 0.15) is 11.5 Å². The average Bonchev–Trinajstić information content (AvgIpc) is 2.80. The lowest BCUT2D eigenvalue weighted by atomic mass is 9.95. The van der Waals surface area contributed by atoms with Gasteiger partial charge in [-0.15, -0.1) is 0 Å². The molecule has 0 unspecified atom stereocenters. The number of likely N-dealkylation sites (N-methyl/N-ethyl adjacent to an activating group) is 1. The Bertz CT molecular complexity index is 683. The van der Waals surface area contributed by atoms with Crippen molar-refractivity contribution >= 4 is 11.9 Å². The summed E-state index contributed by atoms with van der Waals surface area (Å²) in [6.45, 7) is 0.393. The zero-order valence-electron chi connectivity index (χ0n) is 12.6. The number of rotatable bonds is 3. The van der Waals surface area contributed by atoms with Gasteiger partial charge in [0.25, 0.3) is 5.91 Å². The lowest BCUT2D eigenvalue weighted by molar-refractivity contribution is -0.124. The zero-order chi connectivity index (χ0) is 15.9. The van der Waals surface area contributed by atoms with Crippen LogP contribution in [-0.4, -0.2) is 44.7 Å². The molecule has 2 aliphatic rings. The average molecular weight is 303 g/mol. The number of nitrogens with one attached hydrogen (secondary N) is 2. The molecule has 1 aromatic rings. The molecule has 2 N–H and O–H groups in total. The van der Waals surface area contributed by atoms with Crippen LogP contribution in [0.2, 0.25) is 0 Å². The minimum atomic E-state index is -0.564. The Morgan fingerprint density at radius 3 is 2.68 bits per heavy atom. The lowest BCUT2D eigenvalue weighted by Gasteiger charge is -2.27. The minimum Gasteiger partial charge on any atom is -0.497 e. The van der Waals surface area contributed by atoms with E-state index in [0.717, 1.165) is 0 Å². The van der Waals surface area contributed by atoms with Crippen LogP contribution in [0.1, 0.15) is 11.6 Å². The van der Waals surface area contributed by atoms with Crippen LogP contribution in [0.5, 0.6) is 11.5 Å². The third-order valence-electron chi connectivity index (χ3n) is 3.87. The number of ether oxygens (including phenoxy) is 2. The Morgan fingerprint density at radius 1 is 1.23 bits per heavy atom. The molecule has 0 spiro atoms. The van der Waals surface area contributed by atoms with Crippen molar-refractivity contribution in [3.8, 4) is 11.5 Å². The minimum absolute atomic E-state index is 0.114. The monoisotopic (exact) mass is 303 g/mol. The van der Waals surface area contributed by atoms with Crippen LogP contribution in [0.25, 0.3) is 0 Å². The van der Waals surface area contributed by atoms with E-state index in [4.69, 9.17) is 9.47 Å². The Balaban J connectivity index is 2.12. The van der Waals surface area contributed by atoms with E-state index in [0.29, 0.717) is 34.9 Å². The molecule has 0 aliphatic carbocycles. The van der Waals surface area contributed by atoms with Crippen molar-refractivity contribution in [1.29, 1.82) is 0 Å². The standard InChI is InChI=1S/C15H17N3O4/c1-18-7-10-12(14(18)19)13(17-15(20)16-10)9-6-8(21-2)4-5-11(9)22-3/h4-6,13H,7H2,1-3H3,(H2,16,17,20)/t13-/m0/s1. The molecule has 1 atom stereocenters. The van der Waals surface area contributed by atoms with Crippen LogP contribution in [-0.2, 0) is 4.79 Å². The Hall–Kier alpha value is -2.70. The molecule has 3 rings (SSSR count). The van der Waals surface area contributed by atoms with Crippen LogP contribution in [0.3, 0.4) is 0 Å². The summed E-state index contributed by atoms with van der Waals surface area (Å²) in [5.41, 5.74) is 1.85. The molecule has 22 heavy (non-hydrogen) atoms. The fourth-order valence-electron chi connectivity index (χ4n) is 2.81. The maximum Gasteiger partial charge on any atom is 0.319 e. The summed E-state index contributed by atoms with van der Waals surface area (Å²) in [5, 5.41) is 5.49. The topological polar surface area (TPSA) is 79.9 Å². The maximum atomic E-state index is 12.4. The van der Waals surface area contributed by atoms with Crippen molar-refractivity contribution in [2.24, 2.45) is 0 Å². The van der Waals surface area contributed by atoms with Crippen molar-refractivity contribution in [2.75, 3.05) is 27.8 Å². The van der Waals surface area contributed by atoms with Gasteiger partial charge in [-0.05, 0) is 18.2 Å². The molecule has 1 aromatic carbocycles. The van der Waals surface area contributed by atoms with Gasteiger partial charge in [0.15, 0.2) is 0 Å². The fraction of sp³-hybridized carbons (Fsp3) is 0.333. The fourth-order valence-corrected chi connectivity index (χ4v) is 2.81. The predicted molar refractivity (Wildman–Crippen MR) is 78.6 cm³/mol. The van der Waals surface area contributed by atoms with Crippen molar-refractivity contribution in [1.82, 2.24) is 15.5 Å². The normalized spacial score (nSPS) is 20.5. The van der Waals surface area contributed by atoms with E-state index in [1.807, 2.05) is 0 Å². The Kier molecular flexibility index (Phi) is 3.40. The quantitative estimate of drug-likeness (QED) is 0.865. The van der Waals surface area contributed by atoms with Gasteiger partial charge in [0, 0.05) is 12.6 Å². The van der Waals surface area contributed by atoms with Gasteiger partial charge in [-0.2, -0.15) is 0 Å². The Labute approximate surface area is 127 Å². The highest BCUT2D eigenvalue weighted by molar-refractivity contribution is 6.01. The number of nitrogens with zero attached hydrogens (tertiary/aromatic N) is 1. The molecule has 0 saturated carbocycles. The Morgan fingerprint density at radius 2 is 2.00 bits per heavy atom. The number of hydrogen-bond donors (Lipinski definition) is 2. The smallest absolute Gasteiger partial charge is 0.319 e. The van der Waals surface area contributed by atoms with Crippen molar-refractivity contribution in [2.45, 2.75) is 6.04 Å². The van der Waals surface area contributed by atoms with Crippen LogP contribution >= 0.6 is 0 Å². The summed E-state index contributed by atoms with van der Waals surface area (Å²) in [7, 11) is 4.81. The van der Waals surface area contributed by atoms with Crippen LogP contribution in [0.4, 0.5) is 4.79 Å². The predicted octanol–water partition coefficient (Wildman–Crippen LogP) is 0.784. The molecule has 116 valence electrons. The van der Waals surface area contributed by atoms with Crippen LogP contribution in [0, 0.1) is 0 Å². The highest BCUT2D eigenvalue weighted by Gasteiger charge is 2.40. The van der Waals surface area contributed by atoms with E-state index in [2.05, 4.69) is 10.6 Å². The molecular weight excluding hydrogens is 286 g/mol. The number of hydrogen-bond acceptors (Lipinski definition) is 4. The third-order valence-corrected chi connectivity index (χ3v) is 3.87. The highest BCUT2D eigenvalue weighted by Crippen LogP contribution is 2.37. The number of methoxy groups -OCH3 is 2. The van der Waals surface area contributed by atoms with Crippen LogP contribution in [0.15, 0.2) is 29.5 Å². The van der Waals surface area contributed by atoms with Gasteiger partial charge >= 0.3 is 6.03 Å². The zero-order valence-corrected chi connectivity index (χ0v) is 12.6. The third kappa shape index (κ3) is 2.14. The first-order valence-corrected chi connectivity index (χ1v) is 6.83. The number of carbonyl (C=O) groups excluding carboxylic acids is 2. The first-order chi connectivity index (χ1) is 10.5. The molecule has 0 bridgehead atoms. The summed E-state index contributed by atoms with van der Waals surface area (Å²) in [6.07, 6.45) is 0. The molecule has 0 aromatic heterocycles. The molecule has 2 heterocycles. The first kappa shape index (κ1) is 14.2. The van der Waals surface area contributed by atoms with Crippen molar-refractivity contribution < 1.29 is 19.1 Å². The van der Waals surface area contributed by atoms with Gasteiger partial charge in [0.2, 0.25) is 0 Å². The van der Waals surface area contributed by atoms with Gasteiger partial charge in [-0.3, -0.25) is 4.79 Å². The van der Waals surface area contributed by atoms with E-state index in [-0.39, 0.29) is 11.9 Å². The second-order valence-electron chi connectivity index (χ2n) is 5.19. The van der Waals surface area contributed by atoms with E-state index >= 15 is 0 Å². The highest BCUT2D eigenvalue weighted by atomic mass is 16.5. The summed E-state index contributed by atoms with van der Waals surface area (Å²) in [6, 6.07) is 4.39. The van der Waals surface area contributed by atoms with E-state index in [9.17, 15) is 9.59 Å². The van der Waals surface area contributed by atoms with E-state index in [1.165, 1.54) is 0 Å². The van der Waals surface area contributed by atoms with Crippen LogP contribution < -0.4 is 20.1 Å². The van der Waals surface area contributed by atoms with Crippen molar-refractivity contribution in [3.63, 3.8) is 0 Å². The van der Waals surface area contributed by atoms with Gasteiger partial charge in [-0.1, -0.05) is 0 Å². The summed E-state index contributed by atoms with van der Waals surface area (Å²) < 4.78 is 10.6. The molecular formula is C15H17N3O4. The van der Waals surface area contributed by atoms with E-state index < -0.39 is 6.04 Å². The SMILES string of the molecule is COc1ccc(OC)c([C@@H]2NC(=O)NC3=C2C(=O)N(C)C3)c1. The number of carbonyl (C=O) groups is 2. The molecule has 2 aliphatic heterocycles. The van der Waals surface area contributed by atoms with Crippen molar-refractivity contribution in [3.05, 3.63) is 35.0 Å². The van der Waals surface area contributed by atoms with E-state index in [1.54, 1.807) is 44.4 Å². The summed E-state index contributed by atoms with van der Waals surface area (Å²) in [4.78, 5) is 25.9. The first-order valence-electron chi connectivity index (χ1n) is 6.83. The van der Waals surface area contributed by atoms with Gasteiger partial charge in [-0.25, -0.2) is 4.79 Å². The summed E-state index contributed by atoms with van der Waals surface area (Å²) in [5.74, 6) is 1.10. The second kappa shape index (κ2) is 5.25. The second-order valence-corrected chi connectivity index (χ2v) is 5.19. The molecule has 0 fully saturated rings. The molecule has 0 radical (unpaired) electrons. The molecule has 3 amide bonds. The van der Waals surface area contributed by atoms with Gasteiger partial charge in [0.05, 0.1) is 38.1 Å². The molecule has 0 saturated heterocycles. The maximum absolute atomic E-state index is 12.4. The number of amides is 3. The largest absolute Gasteiger partial charge is 0.497 e. The number of benzene rings is 1. The number of urea groups is 1. The van der Waals surface area contributed by atoms with Gasteiger partial charge < -0.3 is 25.0 Å². The lowest BCUT2D eigenvalue weighted by Crippen LogP contribution is -2.44.